The SMILES string of the molecule is CCCCO[Si]CCCOCC1(CC)COC1. The van der Waals surface area contributed by atoms with Crippen LogP contribution in [0.15, 0.2) is 0 Å². The van der Waals surface area contributed by atoms with Crippen molar-refractivity contribution in [1.29, 1.82) is 0 Å². The summed E-state index contributed by atoms with van der Waals surface area (Å²) in [6.45, 7) is 8.82. The molecule has 0 bridgehead atoms. The second-order valence-corrected chi connectivity index (χ2v) is 5.93. The Bertz CT molecular complexity index is 178. The normalized spacial score (nSPS) is 18.0. The fraction of sp³-hybridized carbons (Fsp3) is 1.00. The van der Waals surface area contributed by atoms with E-state index in [0.29, 0.717) is 15.2 Å². The van der Waals surface area contributed by atoms with Crippen molar-refractivity contribution in [2.45, 2.75) is 45.6 Å². The summed E-state index contributed by atoms with van der Waals surface area (Å²) in [5.41, 5.74) is 0.333. The van der Waals surface area contributed by atoms with Crippen LogP contribution < -0.4 is 0 Å². The quantitative estimate of drug-likeness (QED) is 0.421. The van der Waals surface area contributed by atoms with Gasteiger partial charge in [-0.25, -0.2) is 0 Å². The van der Waals surface area contributed by atoms with Gasteiger partial charge in [-0.2, -0.15) is 0 Å². The Kier molecular flexibility index (Phi) is 8.10. The molecule has 4 heteroatoms. The van der Waals surface area contributed by atoms with Gasteiger partial charge >= 0.3 is 0 Å². The average Bonchev–Trinajstić information content (AvgIpc) is 2.30. The molecule has 1 aliphatic rings. The van der Waals surface area contributed by atoms with Crippen molar-refractivity contribution >= 4 is 9.76 Å². The first-order valence-corrected chi connectivity index (χ1v) is 7.94. The van der Waals surface area contributed by atoms with E-state index < -0.39 is 0 Å². The molecule has 0 aromatic carbocycles. The van der Waals surface area contributed by atoms with E-state index >= 15 is 0 Å². The molecule has 0 atom stereocenters. The van der Waals surface area contributed by atoms with Gasteiger partial charge in [0.2, 0.25) is 9.76 Å². The molecule has 3 nitrogen and oxygen atoms in total. The van der Waals surface area contributed by atoms with Gasteiger partial charge in [0.1, 0.15) is 0 Å². The zero-order valence-electron chi connectivity index (χ0n) is 11.3. The lowest BCUT2D eigenvalue weighted by Gasteiger charge is -2.40. The van der Waals surface area contributed by atoms with Crippen molar-refractivity contribution in [2.75, 3.05) is 33.0 Å². The fourth-order valence-electron chi connectivity index (χ4n) is 1.68. The Morgan fingerprint density at radius 2 is 2.00 bits per heavy atom. The van der Waals surface area contributed by atoms with E-state index in [1.807, 2.05) is 0 Å². The molecular formula is C13H26O3Si. The van der Waals surface area contributed by atoms with Crippen LogP contribution in [0.5, 0.6) is 0 Å². The highest BCUT2D eigenvalue weighted by Crippen LogP contribution is 2.31. The lowest BCUT2D eigenvalue weighted by molar-refractivity contribution is -0.150. The Hall–Kier alpha value is 0.0969. The van der Waals surface area contributed by atoms with E-state index in [9.17, 15) is 0 Å². The van der Waals surface area contributed by atoms with Crippen molar-refractivity contribution in [3.05, 3.63) is 0 Å². The summed E-state index contributed by atoms with van der Waals surface area (Å²) in [5, 5.41) is 0. The molecular weight excluding hydrogens is 232 g/mol. The van der Waals surface area contributed by atoms with Crippen LogP contribution in [-0.2, 0) is 13.9 Å². The maximum atomic E-state index is 5.73. The molecule has 0 aromatic rings. The van der Waals surface area contributed by atoms with Crippen LogP contribution in [0.3, 0.4) is 0 Å². The van der Waals surface area contributed by atoms with Crippen molar-refractivity contribution < 1.29 is 13.9 Å². The van der Waals surface area contributed by atoms with E-state index in [4.69, 9.17) is 13.9 Å². The van der Waals surface area contributed by atoms with E-state index in [-0.39, 0.29) is 0 Å². The first-order chi connectivity index (χ1) is 8.33. The van der Waals surface area contributed by atoms with Gasteiger partial charge in [0.15, 0.2) is 0 Å². The average molecular weight is 258 g/mol. The molecule has 0 aromatic heterocycles. The third-order valence-corrected chi connectivity index (χ3v) is 4.21. The number of hydrogen-bond donors (Lipinski definition) is 0. The van der Waals surface area contributed by atoms with E-state index in [2.05, 4.69) is 13.8 Å². The number of unbranched alkanes of at least 4 members (excludes halogenated alkanes) is 1. The predicted octanol–water partition coefficient (Wildman–Crippen LogP) is 2.67. The van der Waals surface area contributed by atoms with Crippen molar-refractivity contribution in [3.63, 3.8) is 0 Å². The maximum absolute atomic E-state index is 5.73. The number of hydrogen-bond acceptors (Lipinski definition) is 3. The lowest BCUT2D eigenvalue weighted by atomic mass is 9.84. The van der Waals surface area contributed by atoms with Gasteiger partial charge in [-0.15, -0.1) is 0 Å². The predicted molar refractivity (Wildman–Crippen MR) is 70.4 cm³/mol. The molecule has 0 N–H and O–H groups in total. The Morgan fingerprint density at radius 3 is 2.59 bits per heavy atom. The summed E-state index contributed by atoms with van der Waals surface area (Å²) < 4.78 is 16.5. The van der Waals surface area contributed by atoms with Crippen LogP contribution in [0, 0.1) is 5.41 Å². The topological polar surface area (TPSA) is 27.7 Å². The molecule has 1 rings (SSSR count). The zero-order chi connectivity index (χ0) is 12.4. The monoisotopic (exact) mass is 258 g/mol. The molecule has 17 heavy (non-hydrogen) atoms. The maximum Gasteiger partial charge on any atom is 0.229 e. The molecule has 1 heterocycles. The molecule has 1 fully saturated rings. The highest BCUT2D eigenvalue weighted by molar-refractivity contribution is 6.26. The molecule has 0 aliphatic carbocycles. The van der Waals surface area contributed by atoms with Gasteiger partial charge in [-0.3, -0.25) is 0 Å². The first kappa shape index (κ1) is 15.2. The summed E-state index contributed by atoms with van der Waals surface area (Å²) in [6.07, 6.45) is 4.68. The molecule has 0 amide bonds. The highest BCUT2D eigenvalue weighted by atomic mass is 28.2. The minimum absolute atomic E-state index is 0.333. The third kappa shape index (κ3) is 6.00. The molecule has 0 saturated carbocycles. The Labute approximate surface area is 108 Å². The number of ether oxygens (including phenoxy) is 2. The lowest BCUT2D eigenvalue weighted by Crippen LogP contribution is -2.45. The Balaban J connectivity index is 1.81. The minimum Gasteiger partial charge on any atom is -0.417 e. The van der Waals surface area contributed by atoms with Crippen LogP contribution in [0.4, 0.5) is 0 Å². The number of rotatable bonds is 11. The standard InChI is InChI=1S/C13H26O3Si/c1-3-5-8-16-17-9-6-7-14-10-13(4-2)11-15-12-13/h3-12H2,1-2H3. The third-order valence-electron chi connectivity index (χ3n) is 3.24. The second kappa shape index (κ2) is 9.08. The summed E-state index contributed by atoms with van der Waals surface area (Å²) in [7, 11) is 0.650. The van der Waals surface area contributed by atoms with Crippen molar-refractivity contribution in [1.82, 2.24) is 0 Å². The molecule has 1 aliphatic heterocycles. The van der Waals surface area contributed by atoms with Gasteiger partial charge in [0.05, 0.1) is 19.8 Å². The van der Waals surface area contributed by atoms with E-state index in [1.165, 1.54) is 12.8 Å². The summed E-state index contributed by atoms with van der Waals surface area (Å²) >= 11 is 0. The largest absolute Gasteiger partial charge is 0.417 e. The van der Waals surface area contributed by atoms with Crippen LogP contribution in [0.1, 0.15) is 39.5 Å². The zero-order valence-corrected chi connectivity index (χ0v) is 12.3. The van der Waals surface area contributed by atoms with Gasteiger partial charge in [-0.05, 0) is 25.3 Å². The summed E-state index contributed by atoms with van der Waals surface area (Å²) in [6, 6.07) is 1.14. The van der Waals surface area contributed by atoms with Crippen LogP contribution in [0.2, 0.25) is 6.04 Å². The van der Waals surface area contributed by atoms with E-state index in [0.717, 1.165) is 51.9 Å². The molecule has 1 saturated heterocycles. The van der Waals surface area contributed by atoms with Gasteiger partial charge in [0, 0.05) is 18.6 Å². The molecule has 100 valence electrons. The van der Waals surface area contributed by atoms with E-state index in [1.54, 1.807) is 0 Å². The molecule has 0 spiro atoms. The Morgan fingerprint density at radius 1 is 1.18 bits per heavy atom. The van der Waals surface area contributed by atoms with Crippen molar-refractivity contribution in [2.24, 2.45) is 5.41 Å². The smallest absolute Gasteiger partial charge is 0.229 e. The van der Waals surface area contributed by atoms with Gasteiger partial charge in [-0.1, -0.05) is 20.3 Å². The van der Waals surface area contributed by atoms with Crippen molar-refractivity contribution in [3.8, 4) is 0 Å². The summed E-state index contributed by atoms with van der Waals surface area (Å²) in [5.74, 6) is 0. The van der Waals surface area contributed by atoms with Crippen LogP contribution >= 0.6 is 0 Å². The first-order valence-electron chi connectivity index (χ1n) is 6.83. The van der Waals surface area contributed by atoms with Gasteiger partial charge < -0.3 is 13.9 Å². The fourth-order valence-corrected chi connectivity index (χ4v) is 2.40. The molecule has 2 radical (unpaired) electrons. The van der Waals surface area contributed by atoms with Crippen LogP contribution in [-0.4, -0.2) is 42.8 Å². The highest BCUT2D eigenvalue weighted by Gasteiger charge is 2.36. The minimum atomic E-state index is 0.333. The second-order valence-electron chi connectivity index (χ2n) is 4.85. The van der Waals surface area contributed by atoms with Crippen LogP contribution in [0.25, 0.3) is 0 Å². The van der Waals surface area contributed by atoms with Gasteiger partial charge in [0.25, 0.3) is 0 Å². The summed E-state index contributed by atoms with van der Waals surface area (Å²) in [4.78, 5) is 0. The molecule has 0 unspecified atom stereocenters.